The van der Waals surface area contributed by atoms with Gasteiger partial charge in [-0.25, -0.2) is 0 Å². The minimum Gasteiger partial charge on any atom is -0.403 e. The number of rotatable bonds is 10. The van der Waals surface area contributed by atoms with Crippen LogP contribution in [-0.4, -0.2) is 22.5 Å². The van der Waals surface area contributed by atoms with Crippen LogP contribution in [0.1, 0.15) is 67.3 Å². The van der Waals surface area contributed by atoms with Gasteiger partial charge in [0.2, 0.25) is 0 Å². The van der Waals surface area contributed by atoms with E-state index in [0.717, 1.165) is 42.2 Å². The quantitative estimate of drug-likeness (QED) is 0.325. The molecule has 174 valence electrons. The van der Waals surface area contributed by atoms with Gasteiger partial charge in [0.25, 0.3) is 0 Å². The van der Waals surface area contributed by atoms with Gasteiger partial charge in [-0.05, 0) is 48.8 Å². The Hall–Kier alpha value is -3.25. The maximum Gasteiger partial charge on any atom is 0.0938 e. The van der Waals surface area contributed by atoms with Gasteiger partial charge in [-0.1, -0.05) is 56.0 Å². The van der Waals surface area contributed by atoms with Gasteiger partial charge in [-0.2, -0.15) is 0 Å². The number of nitrogens with one attached hydrogen (secondary N) is 2. The number of hydrogen-bond donors (Lipinski definition) is 4. The summed E-state index contributed by atoms with van der Waals surface area (Å²) in [5, 5.41) is 3.71. The Morgan fingerprint density at radius 3 is 2.52 bits per heavy atom. The van der Waals surface area contributed by atoms with Gasteiger partial charge in [0.05, 0.1) is 17.8 Å². The number of nitrogens with zero attached hydrogens (tertiary/aromatic N) is 2. The Balaban J connectivity index is 1.52. The topological polar surface area (TPSA) is 92.2 Å². The Labute approximate surface area is 197 Å². The van der Waals surface area contributed by atoms with Crippen LogP contribution >= 0.6 is 0 Å². The van der Waals surface area contributed by atoms with Crippen LogP contribution in [0.5, 0.6) is 0 Å². The second-order valence-corrected chi connectivity index (χ2v) is 9.09. The Kier molecular flexibility index (Phi) is 7.35. The Morgan fingerprint density at radius 1 is 1.12 bits per heavy atom. The minimum absolute atomic E-state index is 0.0601. The summed E-state index contributed by atoms with van der Waals surface area (Å²) in [6.07, 6.45) is 10.1. The lowest BCUT2D eigenvalue weighted by Gasteiger charge is -2.33. The first-order valence-electron chi connectivity index (χ1n) is 11.9. The van der Waals surface area contributed by atoms with Crippen molar-refractivity contribution in [2.24, 2.45) is 11.6 Å². The van der Waals surface area contributed by atoms with Crippen LogP contribution in [-0.2, 0) is 0 Å². The van der Waals surface area contributed by atoms with E-state index in [1.54, 1.807) is 0 Å². The molecule has 0 bridgehead atoms. The highest BCUT2D eigenvalue weighted by atomic mass is 15.2. The van der Waals surface area contributed by atoms with Crippen molar-refractivity contribution < 1.29 is 0 Å². The number of hydrogen-bond acceptors (Lipinski definition) is 6. The van der Waals surface area contributed by atoms with Crippen molar-refractivity contribution in [2.75, 3.05) is 6.54 Å². The molecule has 2 heterocycles. The van der Waals surface area contributed by atoms with E-state index in [1.807, 2.05) is 6.07 Å². The molecule has 0 radical (unpaired) electrons. The first-order valence-corrected chi connectivity index (χ1v) is 11.9. The van der Waals surface area contributed by atoms with Crippen LogP contribution in [0.3, 0.4) is 0 Å². The molecule has 1 aliphatic heterocycles. The van der Waals surface area contributed by atoms with Gasteiger partial charge in [0.15, 0.2) is 0 Å². The van der Waals surface area contributed by atoms with Crippen molar-refractivity contribution in [1.82, 2.24) is 20.6 Å². The molecule has 4 rings (SSSR count). The third kappa shape index (κ3) is 5.22. The number of likely N-dealkylation sites (tertiary alicyclic amines) is 1. The number of aromatic nitrogens is 1. The number of benzene rings is 1. The molecular formula is C27H36N6. The van der Waals surface area contributed by atoms with Crippen LogP contribution in [0.4, 0.5) is 0 Å². The molecule has 6 nitrogen and oxygen atoms in total. The van der Waals surface area contributed by atoms with Gasteiger partial charge in [0.1, 0.15) is 0 Å². The zero-order valence-corrected chi connectivity index (χ0v) is 19.3. The molecule has 1 aromatic carbocycles. The molecule has 1 aliphatic carbocycles. The van der Waals surface area contributed by atoms with Crippen molar-refractivity contribution in [3.63, 3.8) is 0 Å². The second-order valence-electron chi connectivity index (χ2n) is 9.09. The molecule has 1 saturated heterocycles. The summed E-state index contributed by atoms with van der Waals surface area (Å²) in [5.41, 5.74) is 14.6. The molecule has 6 heteroatoms. The van der Waals surface area contributed by atoms with Crippen molar-refractivity contribution in [2.45, 2.75) is 56.5 Å². The standard InChI is InChI=1S/C27H36N6/c1-19(16-24(17-28)32-29)33-15-7-12-26(33)20(2)31-27(22-8-4-3-5-9-22)25-14-13-23(18-30-25)21-10-6-11-21/h3-5,8-9,13-14,17-18,21,26-27,31-32H,1-2,6-7,10-12,15-16,28-29H2/b24-17-. The fourth-order valence-electron chi connectivity index (χ4n) is 4.81. The molecule has 2 atom stereocenters. The van der Waals surface area contributed by atoms with Gasteiger partial charge >= 0.3 is 0 Å². The van der Waals surface area contributed by atoms with Gasteiger partial charge in [-0.3, -0.25) is 10.8 Å². The molecule has 1 aromatic heterocycles. The largest absolute Gasteiger partial charge is 0.403 e. The van der Waals surface area contributed by atoms with E-state index in [-0.39, 0.29) is 12.1 Å². The lowest BCUT2D eigenvalue weighted by atomic mass is 9.80. The summed E-state index contributed by atoms with van der Waals surface area (Å²) in [4.78, 5) is 7.19. The van der Waals surface area contributed by atoms with Crippen molar-refractivity contribution in [3.8, 4) is 0 Å². The summed E-state index contributed by atoms with van der Waals surface area (Å²) in [7, 11) is 0. The van der Waals surface area contributed by atoms with Crippen molar-refractivity contribution in [3.05, 3.63) is 102 Å². The fraction of sp³-hybridized carbons (Fsp3) is 0.370. The van der Waals surface area contributed by atoms with Crippen LogP contribution in [0.15, 0.2) is 85.1 Å². The molecule has 33 heavy (non-hydrogen) atoms. The smallest absolute Gasteiger partial charge is 0.0938 e. The van der Waals surface area contributed by atoms with Gasteiger partial charge in [0, 0.05) is 42.5 Å². The molecule has 2 unspecified atom stereocenters. The first-order chi connectivity index (χ1) is 16.1. The van der Waals surface area contributed by atoms with Crippen LogP contribution in [0.25, 0.3) is 0 Å². The summed E-state index contributed by atoms with van der Waals surface area (Å²) in [5.74, 6) is 6.25. The summed E-state index contributed by atoms with van der Waals surface area (Å²) in [6, 6.07) is 15.0. The molecule has 2 aliphatic rings. The number of hydrazine groups is 1. The van der Waals surface area contributed by atoms with E-state index in [9.17, 15) is 0 Å². The third-order valence-electron chi connectivity index (χ3n) is 6.99. The van der Waals surface area contributed by atoms with E-state index < -0.39 is 0 Å². The van der Waals surface area contributed by atoms with Crippen LogP contribution in [0.2, 0.25) is 0 Å². The van der Waals surface area contributed by atoms with E-state index in [4.69, 9.17) is 16.6 Å². The molecule has 2 aromatic rings. The molecule has 0 spiro atoms. The van der Waals surface area contributed by atoms with Gasteiger partial charge in [-0.15, -0.1) is 0 Å². The molecule has 2 fully saturated rings. The van der Waals surface area contributed by atoms with Crippen molar-refractivity contribution >= 4 is 0 Å². The normalized spacial score (nSPS) is 19.6. The lowest BCUT2D eigenvalue weighted by molar-refractivity contribution is 0.332. The predicted octanol–water partition coefficient (Wildman–Crippen LogP) is 4.17. The van der Waals surface area contributed by atoms with E-state index in [1.165, 1.54) is 36.6 Å². The third-order valence-corrected chi connectivity index (χ3v) is 6.99. The maximum absolute atomic E-state index is 5.66. The Bertz CT molecular complexity index is 977. The fourth-order valence-corrected chi connectivity index (χ4v) is 4.81. The molecule has 1 saturated carbocycles. The Morgan fingerprint density at radius 2 is 1.91 bits per heavy atom. The van der Waals surface area contributed by atoms with Crippen molar-refractivity contribution in [1.29, 1.82) is 0 Å². The maximum atomic E-state index is 5.66. The lowest BCUT2D eigenvalue weighted by Crippen LogP contribution is -2.37. The average molecular weight is 445 g/mol. The van der Waals surface area contributed by atoms with Gasteiger partial charge < -0.3 is 21.4 Å². The zero-order chi connectivity index (χ0) is 23.2. The SMILES string of the molecule is C=C(NC(c1ccccc1)c1ccc(C2CCC2)cn1)C1CCCN1C(=C)C/C(=C/N)NN. The minimum atomic E-state index is -0.0601. The average Bonchev–Trinajstić information content (AvgIpc) is 3.31. The van der Waals surface area contributed by atoms with Crippen LogP contribution < -0.4 is 22.3 Å². The van der Waals surface area contributed by atoms with E-state index in [2.05, 4.69) is 71.4 Å². The highest BCUT2D eigenvalue weighted by Crippen LogP contribution is 2.36. The molecular weight excluding hydrogens is 408 g/mol. The predicted molar refractivity (Wildman–Crippen MR) is 134 cm³/mol. The summed E-state index contributed by atoms with van der Waals surface area (Å²) in [6.45, 7) is 9.68. The summed E-state index contributed by atoms with van der Waals surface area (Å²) >= 11 is 0. The van der Waals surface area contributed by atoms with E-state index in [0.29, 0.717) is 12.3 Å². The highest BCUT2D eigenvalue weighted by molar-refractivity contribution is 5.32. The summed E-state index contributed by atoms with van der Waals surface area (Å²) < 4.78 is 0. The number of pyridine rings is 1. The second kappa shape index (κ2) is 10.6. The number of nitrogens with two attached hydrogens (primary N) is 2. The highest BCUT2D eigenvalue weighted by Gasteiger charge is 2.30. The monoisotopic (exact) mass is 444 g/mol. The first kappa shape index (κ1) is 22.9. The molecule has 0 amide bonds. The van der Waals surface area contributed by atoms with E-state index >= 15 is 0 Å². The molecule has 6 N–H and O–H groups in total. The van der Waals surface area contributed by atoms with Crippen LogP contribution in [0, 0.1) is 0 Å². The zero-order valence-electron chi connectivity index (χ0n) is 19.3.